The molecule has 0 unspecified atom stereocenters. The van der Waals surface area contributed by atoms with Gasteiger partial charge in [-0.1, -0.05) is 60.7 Å². The maximum Gasteiger partial charge on any atom is 0.159 e. The molecule has 0 fully saturated rings. The fraction of sp³-hybridized carbons (Fsp3) is 0. The van der Waals surface area contributed by atoms with Crippen molar-refractivity contribution < 1.29 is 13.9 Å². The van der Waals surface area contributed by atoms with Gasteiger partial charge in [-0.25, -0.2) is 0 Å². The van der Waals surface area contributed by atoms with Gasteiger partial charge in [0.1, 0.15) is 28.6 Å². The van der Waals surface area contributed by atoms with Gasteiger partial charge >= 0.3 is 0 Å². The van der Waals surface area contributed by atoms with Crippen LogP contribution in [0.4, 0.5) is 17.1 Å². The molecule has 0 amide bonds. The molecule has 4 nitrogen and oxygen atoms in total. The quantitative estimate of drug-likeness (QED) is 0.183. The number of rotatable bonds is 7. The fourth-order valence-electron chi connectivity index (χ4n) is 4.95. The number of hydrogen-bond donors (Lipinski definition) is 0. The summed E-state index contributed by atoms with van der Waals surface area (Å²) in [6.45, 7) is 0. The largest absolute Gasteiger partial charge is 0.457 e. The molecule has 0 saturated carbocycles. The molecule has 7 aromatic rings. The monoisotopic (exact) mass is 597 g/mol. The topological polar surface area (TPSA) is 34.8 Å². The minimum absolute atomic E-state index is 0.761. The maximum atomic E-state index is 6.51. The minimum Gasteiger partial charge on any atom is -0.457 e. The first-order valence-electron chi connectivity index (χ1n) is 13.3. The van der Waals surface area contributed by atoms with Crippen LogP contribution in [0.25, 0.3) is 21.9 Å². The second kappa shape index (κ2) is 10.9. The van der Waals surface area contributed by atoms with E-state index in [0.29, 0.717) is 0 Å². The Morgan fingerprint density at radius 3 is 1.44 bits per heavy atom. The number of halogens is 1. The van der Waals surface area contributed by atoms with Crippen molar-refractivity contribution in [3.05, 3.63) is 150 Å². The van der Waals surface area contributed by atoms with Crippen LogP contribution < -0.4 is 14.4 Å². The molecular weight excluding hydrogens is 574 g/mol. The van der Waals surface area contributed by atoms with Crippen LogP contribution in [0.5, 0.6) is 23.0 Å². The molecule has 0 bridgehead atoms. The Labute approximate surface area is 246 Å². The third-order valence-corrected chi connectivity index (χ3v) is 7.47. The van der Waals surface area contributed by atoms with Crippen LogP contribution in [-0.4, -0.2) is 0 Å². The zero-order chi connectivity index (χ0) is 27.6. The van der Waals surface area contributed by atoms with Crippen LogP contribution in [-0.2, 0) is 0 Å². The van der Waals surface area contributed by atoms with Crippen LogP contribution >= 0.6 is 15.9 Å². The van der Waals surface area contributed by atoms with E-state index in [-0.39, 0.29) is 0 Å². The van der Waals surface area contributed by atoms with Crippen LogP contribution in [0, 0.1) is 0 Å². The molecule has 0 N–H and O–H groups in total. The Balaban J connectivity index is 1.32. The number of ether oxygens (including phenoxy) is 2. The van der Waals surface area contributed by atoms with Crippen LogP contribution in [0.15, 0.2) is 154 Å². The number of hydrogen-bond acceptors (Lipinski definition) is 4. The number of benzene rings is 6. The van der Waals surface area contributed by atoms with E-state index in [1.807, 2.05) is 97.1 Å². The van der Waals surface area contributed by atoms with E-state index in [1.165, 1.54) is 0 Å². The Morgan fingerprint density at radius 1 is 0.439 bits per heavy atom. The normalized spacial score (nSPS) is 11.0. The molecule has 0 saturated heterocycles. The van der Waals surface area contributed by atoms with Crippen molar-refractivity contribution in [3.63, 3.8) is 0 Å². The predicted octanol–water partition coefficient (Wildman–Crippen LogP) is 11.4. The number of fused-ring (bicyclic) bond motifs is 3. The first kappa shape index (κ1) is 25.0. The number of anilines is 3. The van der Waals surface area contributed by atoms with E-state index < -0.39 is 0 Å². The molecule has 0 aliphatic carbocycles. The van der Waals surface area contributed by atoms with Gasteiger partial charge in [-0.2, -0.15) is 0 Å². The molecule has 6 aromatic carbocycles. The lowest BCUT2D eigenvalue weighted by molar-refractivity contribution is 0.482. The van der Waals surface area contributed by atoms with E-state index in [4.69, 9.17) is 13.9 Å². The maximum absolute atomic E-state index is 6.51. The SMILES string of the molecule is Brc1cccc2c1oc1c(N(c3ccc(Oc4ccccc4)cc3)c3ccc(Oc4ccccc4)cc3)cccc12. The zero-order valence-corrected chi connectivity index (χ0v) is 23.5. The Morgan fingerprint density at radius 2 is 0.902 bits per heavy atom. The lowest BCUT2D eigenvalue weighted by Gasteiger charge is -2.26. The second-order valence-electron chi connectivity index (χ2n) is 9.53. The predicted molar refractivity (Wildman–Crippen MR) is 169 cm³/mol. The van der Waals surface area contributed by atoms with E-state index in [2.05, 4.69) is 69.4 Å². The van der Waals surface area contributed by atoms with Crippen LogP contribution in [0.2, 0.25) is 0 Å². The highest BCUT2D eigenvalue weighted by Crippen LogP contribution is 2.44. The average Bonchev–Trinajstić information content (AvgIpc) is 3.41. The van der Waals surface area contributed by atoms with Crippen LogP contribution in [0.1, 0.15) is 0 Å². The summed E-state index contributed by atoms with van der Waals surface area (Å²) in [5.41, 5.74) is 4.50. The van der Waals surface area contributed by atoms with Gasteiger partial charge in [-0.15, -0.1) is 0 Å². The Kier molecular flexibility index (Phi) is 6.63. The lowest BCUT2D eigenvalue weighted by atomic mass is 10.1. The number of para-hydroxylation sites is 4. The first-order valence-corrected chi connectivity index (χ1v) is 14.1. The molecule has 0 aliphatic heterocycles. The molecule has 0 radical (unpaired) electrons. The van der Waals surface area contributed by atoms with Gasteiger partial charge in [0.05, 0.1) is 10.2 Å². The molecule has 198 valence electrons. The van der Waals surface area contributed by atoms with Gasteiger partial charge in [0.15, 0.2) is 5.58 Å². The molecule has 7 rings (SSSR count). The molecule has 1 heterocycles. The third kappa shape index (κ3) is 5.04. The first-order chi connectivity index (χ1) is 20.2. The van der Waals surface area contributed by atoms with Gasteiger partial charge in [0.25, 0.3) is 0 Å². The van der Waals surface area contributed by atoms with Gasteiger partial charge in [0, 0.05) is 22.1 Å². The summed E-state index contributed by atoms with van der Waals surface area (Å²) in [5, 5.41) is 2.12. The van der Waals surface area contributed by atoms with Crippen molar-refractivity contribution >= 4 is 54.9 Å². The van der Waals surface area contributed by atoms with Gasteiger partial charge in [0.2, 0.25) is 0 Å². The zero-order valence-electron chi connectivity index (χ0n) is 21.9. The Bertz CT molecular complexity index is 1850. The van der Waals surface area contributed by atoms with E-state index in [1.54, 1.807) is 0 Å². The fourth-order valence-corrected chi connectivity index (χ4v) is 5.40. The van der Waals surface area contributed by atoms with Gasteiger partial charge in [-0.3, -0.25) is 0 Å². The molecule has 0 spiro atoms. The van der Waals surface area contributed by atoms with Crippen molar-refractivity contribution in [3.8, 4) is 23.0 Å². The third-order valence-electron chi connectivity index (χ3n) is 6.84. The summed E-state index contributed by atoms with van der Waals surface area (Å²) in [5.74, 6) is 3.11. The summed E-state index contributed by atoms with van der Waals surface area (Å²) in [6, 6.07) is 48.1. The molecule has 0 aliphatic rings. The van der Waals surface area contributed by atoms with Crippen molar-refractivity contribution in [2.24, 2.45) is 0 Å². The minimum atomic E-state index is 0.761. The van der Waals surface area contributed by atoms with Crippen molar-refractivity contribution in [1.29, 1.82) is 0 Å². The summed E-state index contributed by atoms with van der Waals surface area (Å²) < 4.78 is 19.6. The number of nitrogens with zero attached hydrogens (tertiary/aromatic N) is 1. The summed E-state index contributed by atoms with van der Waals surface area (Å²) in [7, 11) is 0. The second-order valence-corrected chi connectivity index (χ2v) is 10.4. The summed E-state index contributed by atoms with van der Waals surface area (Å²) in [6.07, 6.45) is 0. The Hall–Kier alpha value is -5.00. The van der Waals surface area contributed by atoms with E-state index >= 15 is 0 Å². The van der Waals surface area contributed by atoms with E-state index in [9.17, 15) is 0 Å². The van der Waals surface area contributed by atoms with Crippen molar-refractivity contribution in [2.75, 3.05) is 4.90 Å². The molecule has 1 aromatic heterocycles. The van der Waals surface area contributed by atoms with Gasteiger partial charge in [-0.05, 0) is 101 Å². The highest BCUT2D eigenvalue weighted by molar-refractivity contribution is 9.10. The summed E-state index contributed by atoms with van der Waals surface area (Å²) in [4.78, 5) is 2.19. The van der Waals surface area contributed by atoms with Crippen molar-refractivity contribution in [1.82, 2.24) is 0 Å². The highest BCUT2D eigenvalue weighted by Gasteiger charge is 2.20. The lowest BCUT2D eigenvalue weighted by Crippen LogP contribution is -2.10. The highest BCUT2D eigenvalue weighted by atomic mass is 79.9. The average molecular weight is 598 g/mol. The van der Waals surface area contributed by atoms with Crippen molar-refractivity contribution in [2.45, 2.75) is 0 Å². The van der Waals surface area contributed by atoms with E-state index in [0.717, 1.165) is 66.5 Å². The van der Waals surface area contributed by atoms with Gasteiger partial charge < -0.3 is 18.8 Å². The summed E-state index contributed by atoms with van der Waals surface area (Å²) >= 11 is 3.66. The molecule has 41 heavy (non-hydrogen) atoms. The standard InChI is InChI=1S/C36H24BrNO3/c37-33-15-7-13-31-32-14-8-16-34(36(32)41-35(31)33)38(25-17-21-29(22-18-25)39-27-9-3-1-4-10-27)26-19-23-30(24-20-26)40-28-11-5-2-6-12-28/h1-24H. The molecule has 0 atom stereocenters. The smallest absolute Gasteiger partial charge is 0.159 e. The molecule has 5 heteroatoms. The molecular formula is C36H24BrNO3. The number of furan rings is 1. The van der Waals surface area contributed by atoms with Crippen LogP contribution in [0.3, 0.4) is 0 Å².